The number of nitrogens with two attached hydrogens (primary N) is 2. The first-order chi connectivity index (χ1) is 9.87. The average Bonchev–Trinajstić information content (AvgIpc) is 2.34. The second-order valence-electron chi connectivity index (χ2n) is 4.95. The highest BCUT2D eigenvalue weighted by molar-refractivity contribution is 6.56. The summed E-state index contributed by atoms with van der Waals surface area (Å²) in [5.41, 5.74) is 10.9. The molecule has 0 saturated carbocycles. The average molecular weight is 316 g/mol. The lowest BCUT2D eigenvalue weighted by molar-refractivity contribution is 0.226. The summed E-state index contributed by atoms with van der Waals surface area (Å²) >= 11 is 0. The molecular weight excluding hydrogens is 292 g/mol. The van der Waals surface area contributed by atoms with E-state index in [9.17, 15) is 0 Å². The fourth-order valence-corrected chi connectivity index (χ4v) is 2.61. The fraction of sp³-hybridized carbons (Fsp3) is 0.727. The van der Waals surface area contributed by atoms with E-state index in [1.54, 1.807) is 0 Å². The molecule has 1 rings (SSSR count). The van der Waals surface area contributed by atoms with Crippen molar-refractivity contribution in [1.29, 1.82) is 0 Å². The van der Waals surface area contributed by atoms with Crippen molar-refractivity contribution in [3.63, 3.8) is 0 Å². The second kappa shape index (κ2) is 8.72. The Kier molecular flexibility index (Phi) is 7.29. The minimum Gasteiger partial charge on any atom is -0.390 e. The van der Waals surface area contributed by atoms with Crippen LogP contribution in [0, 0.1) is 0 Å². The minimum absolute atomic E-state index is 0.0984. The Balaban J connectivity index is 2.00. The third kappa shape index (κ3) is 9.13. The number of aromatic nitrogens is 3. The lowest BCUT2D eigenvalue weighted by Gasteiger charge is -2.08. The molecule has 120 valence electrons. The highest BCUT2D eigenvalue weighted by Gasteiger charge is 2.25. The molecule has 0 aromatic carbocycles. The maximum absolute atomic E-state index is 8.85. The predicted molar refractivity (Wildman–Crippen MR) is 82.1 cm³/mol. The van der Waals surface area contributed by atoms with Gasteiger partial charge in [-0.2, -0.15) is 15.0 Å². The van der Waals surface area contributed by atoms with Crippen molar-refractivity contribution in [1.82, 2.24) is 15.0 Å². The van der Waals surface area contributed by atoms with E-state index in [1.807, 2.05) is 0 Å². The molecule has 0 amide bonds. The Morgan fingerprint density at radius 3 is 1.90 bits per heavy atom. The molecular formula is C11H24N6O3Si. The third-order valence-corrected chi connectivity index (χ3v) is 3.92. The van der Waals surface area contributed by atoms with Crippen LogP contribution in [-0.4, -0.2) is 44.7 Å². The van der Waals surface area contributed by atoms with Crippen molar-refractivity contribution >= 4 is 26.6 Å². The second-order valence-corrected chi connectivity index (χ2v) is 7.00. The molecule has 0 spiro atoms. The van der Waals surface area contributed by atoms with E-state index in [-0.39, 0.29) is 17.9 Å². The zero-order valence-electron chi connectivity index (χ0n) is 12.0. The van der Waals surface area contributed by atoms with E-state index in [2.05, 4.69) is 20.3 Å². The summed E-state index contributed by atoms with van der Waals surface area (Å²) < 4.78 is 0. The Bertz CT molecular complexity index is 409. The van der Waals surface area contributed by atoms with Crippen molar-refractivity contribution in [2.45, 2.75) is 44.6 Å². The van der Waals surface area contributed by atoms with Crippen LogP contribution in [0.2, 0.25) is 6.04 Å². The van der Waals surface area contributed by atoms with Crippen LogP contribution in [0.25, 0.3) is 0 Å². The summed E-state index contributed by atoms with van der Waals surface area (Å²) in [6.07, 6.45) is 5.62. The van der Waals surface area contributed by atoms with Crippen molar-refractivity contribution in [3.8, 4) is 0 Å². The first-order valence-electron chi connectivity index (χ1n) is 7.05. The van der Waals surface area contributed by atoms with Gasteiger partial charge in [0.2, 0.25) is 17.8 Å². The van der Waals surface area contributed by atoms with Crippen molar-refractivity contribution in [3.05, 3.63) is 0 Å². The zero-order chi connectivity index (χ0) is 15.7. The van der Waals surface area contributed by atoms with Gasteiger partial charge in [-0.15, -0.1) is 0 Å². The van der Waals surface area contributed by atoms with Crippen LogP contribution < -0.4 is 16.8 Å². The standard InChI is InChI=1S/C11H24N6O3Si/c12-9-15-10(13)17-11(16-9)14-7-5-3-1-2-4-6-8-21(18,19)20/h18-20H,1-8H2,(H5,12,13,14,15,16,17). The molecule has 0 radical (unpaired) electrons. The van der Waals surface area contributed by atoms with Gasteiger partial charge in [-0.1, -0.05) is 25.7 Å². The van der Waals surface area contributed by atoms with Crippen LogP contribution in [0.4, 0.5) is 17.8 Å². The maximum Gasteiger partial charge on any atom is 0.492 e. The van der Waals surface area contributed by atoms with Crippen LogP contribution in [0.5, 0.6) is 0 Å². The van der Waals surface area contributed by atoms with Crippen LogP contribution in [0.15, 0.2) is 0 Å². The van der Waals surface area contributed by atoms with Crippen LogP contribution in [0.1, 0.15) is 38.5 Å². The van der Waals surface area contributed by atoms with Gasteiger partial charge in [0, 0.05) is 12.6 Å². The van der Waals surface area contributed by atoms with Gasteiger partial charge in [0.05, 0.1) is 0 Å². The fourth-order valence-electron chi connectivity index (χ4n) is 1.88. The molecule has 1 heterocycles. The first-order valence-corrected chi connectivity index (χ1v) is 9.10. The lowest BCUT2D eigenvalue weighted by Crippen LogP contribution is -2.33. The van der Waals surface area contributed by atoms with E-state index < -0.39 is 8.80 Å². The molecule has 21 heavy (non-hydrogen) atoms. The van der Waals surface area contributed by atoms with Gasteiger partial charge in [-0.25, -0.2) is 0 Å². The summed E-state index contributed by atoms with van der Waals surface area (Å²) in [5, 5.41) is 3.03. The topological polar surface area (TPSA) is 163 Å². The number of rotatable bonds is 10. The lowest BCUT2D eigenvalue weighted by atomic mass is 10.1. The Hall–Kier alpha value is -1.49. The molecule has 1 aromatic heterocycles. The summed E-state index contributed by atoms with van der Waals surface area (Å²) in [7, 11) is -3.83. The van der Waals surface area contributed by atoms with Crippen LogP contribution >= 0.6 is 0 Å². The summed E-state index contributed by atoms with van der Waals surface area (Å²) in [6, 6.07) is 0.122. The molecule has 1 aromatic rings. The van der Waals surface area contributed by atoms with E-state index in [0.29, 0.717) is 12.4 Å². The van der Waals surface area contributed by atoms with Gasteiger partial charge >= 0.3 is 8.80 Å². The van der Waals surface area contributed by atoms with E-state index >= 15 is 0 Å². The molecule has 9 nitrogen and oxygen atoms in total. The molecule has 0 fully saturated rings. The number of unbranched alkanes of at least 4 members (excludes halogenated alkanes) is 5. The van der Waals surface area contributed by atoms with Gasteiger partial charge in [0.15, 0.2) is 0 Å². The molecule has 0 aliphatic carbocycles. The van der Waals surface area contributed by atoms with Crippen molar-refractivity contribution in [2.24, 2.45) is 0 Å². The predicted octanol–water partition coefficient (Wildman–Crippen LogP) is -0.296. The van der Waals surface area contributed by atoms with Gasteiger partial charge in [0.1, 0.15) is 0 Å². The van der Waals surface area contributed by atoms with E-state index in [0.717, 1.165) is 38.6 Å². The molecule has 8 N–H and O–H groups in total. The summed E-state index contributed by atoms with van der Waals surface area (Å²) in [5.74, 6) is 0.581. The normalized spacial score (nSPS) is 11.6. The number of nitrogens with zero attached hydrogens (tertiary/aromatic N) is 3. The Morgan fingerprint density at radius 2 is 1.33 bits per heavy atom. The van der Waals surface area contributed by atoms with E-state index in [1.165, 1.54) is 0 Å². The molecule has 0 aliphatic rings. The highest BCUT2D eigenvalue weighted by atomic mass is 28.4. The number of nitrogen functional groups attached to an aromatic ring is 2. The SMILES string of the molecule is Nc1nc(N)nc(NCCCCCCCC[Si](O)(O)O)n1. The van der Waals surface area contributed by atoms with Crippen molar-refractivity contribution < 1.29 is 14.4 Å². The summed E-state index contributed by atoms with van der Waals surface area (Å²) in [4.78, 5) is 38.0. The molecule has 0 unspecified atom stereocenters. The Labute approximate surface area is 124 Å². The highest BCUT2D eigenvalue weighted by Crippen LogP contribution is 2.11. The molecule has 0 bridgehead atoms. The molecule has 0 aliphatic heterocycles. The van der Waals surface area contributed by atoms with Crippen LogP contribution in [-0.2, 0) is 0 Å². The summed E-state index contributed by atoms with van der Waals surface area (Å²) in [6.45, 7) is 0.725. The van der Waals surface area contributed by atoms with Crippen molar-refractivity contribution in [2.75, 3.05) is 23.3 Å². The van der Waals surface area contributed by atoms with Gasteiger partial charge < -0.3 is 31.2 Å². The Morgan fingerprint density at radius 1 is 0.810 bits per heavy atom. The van der Waals surface area contributed by atoms with Gasteiger partial charge in [-0.05, 0) is 12.8 Å². The first kappa shape index (κ1) is 17.6. The molecule has 0 saturated heterocycles. The smallest absolute Gasteiger partial charge is 0.390 e. The quantitative estimate of drug-likeness (QED) is 0.251. The van der Waals surface area contributed by atoms with Crippen LogP contribution in [0.3, 0.4) is 0 Å². The maximum atomic E-state index is 8.85. The molecule has 0 atom stereocenters. The number of anilines is 3. The monoisotopic (exact) mass is 316 g/mol. The van der Waals surface area contributed by atoms with Gasteiger partial charge in [-0.3, -0.25) is 0 Å². The number of nitrogens with one attached hydrogen (secondary N) is 1. The third-order valence-electron chi connectivity index (χ3n) is 2.89. The minimum atomic E-state index is -3.83. The largest absolute Gasteiger partial charge is 0.492 e. The van der Waals surface area contributed by atoms with Gasteiger partial charge in [0.25, 0.3) is 0 Å². The number of hydrogen-bond acceptors (Lipinski definition) is 9. The molecule has 10 heteroatoms. The zero-order valence-corrected chi connectivity index (χ0v) is 13.0. The number of hydrogen-bond donors (Lipinski definition) is 6. The van der Waals surface area contributed by atoms with E-state index in [4.69, 9.17) is 25.9 Å².